The number of hydrogen-bond acceptors (Lipinski definition) is 5. The van der Waals surface area contributed by atoms with Crippen molar-refractivity contribution in [3.63, 3.8) is 0 Å². The van der Waals surface area contributed by atoms with E-state index in [4.69, 9.17) is 16.3 Å². The molecule has 3 rings (SSSR count). The smallest absolute Gasteiger partial charge is 0.328 e. The van der Waals surface area contributed by atoms with Gasteiger partial charge in [0.25, 0.3) is 10.0 Å². The fourth-order valence-electron chi connectivity index (χ4n) is 3.74. The number of piperidine rings is 1. The Bertz CT molecular complexity index is 1100. The largest absolute Gasteiger partial charge is 0.490 e. The van der Waals surface area contributed by atoms with Crippen molar-refractivity contribution in [3.8, 4) is 5.75 Å². The Morgan fingerprint density at radius 1 is 1.21 bits per heavy atom. The van der Waals surface area contributed by atoms with E-state index in [2.05, 4.69) is 10.6 Å². The summed E-state index contributed by atoms with van der Waals surface area (Å²) < 4.78 is 61.0. The van der Waals surface area contributed by atoms with E-state index in [0.717, 1.165) is 18.5 Å². The zero-order chi connectivity index (χ0) is 24.2. The Hall–Kier alpha value is -2.43. The molecule has 1 saturated heterocycles. The molecule has 0 aliphatic carbocycles. The van der Waals surface area contributed by atoms with Crippen LogP contribution in [0.15, 0.2) is 41.3 Å². The lowest BCUT2D eigenvalue weighted by atomic mass is 9.81. The molecule has 0 spiro atoms. The van der Waals surface area contributed by atoms with E-state index in [0.29, 0.717) is 23.7 Å². The fraction of sp³-hybridized carbons (Fsp3) is 0.409. The number of carbonyl (C=O) groups is 1. The average molecular weight is 502 g/mol. The second-order valence-electron chi connectivity index (χ2n) is 8.17. The quantitative estimate of drug-likeness (QED) is 0.536. The number of urea groups is 1. The van der Waals surface area contributed by atoms with Crippen molar-refractivity contribution in [1.29, 1.82) is 0 Å². The van der Waals surface area contributed by atoms with Gasteiger partial charge in [-0.15, -0.1) is 0 Å². The number of carbonyl (C=O) groups excluding carboxylic acids is 1. The topological polar surface area (TPSA) is 96.5 Å². The van der Waals surface area contributed by atoms with E-state index >= 15 is 0 Å². The van der Waals surface area contributed by atoms with Crippen molar-refractivity contribution in [3.05, 3.63) is 58.6 Å². The molecule has 2 aromatic rings. The minimum atomic E-state index is -4.61. The second-order valence-corrected chi connectivity index (χ2v) is 10.3. The van der Waals surface area contributed by atoms with Crippen LogP contribution in [0.4, 0.5) is 13.6 Å². The number of halogens is 3. The first-order valence-electron chi connectivity index (χ1n) is 10.5. The Balaban J connectivity index is 1.73. The first kappa shape index (κ1) is 25.2. The number of amides is 2. The van der Waals surface area contributed by atoms with Crippen LogP contribution in [0.1, 0.15) is 31.7 Å². The third-order valence-electron chi connectivity index (χ3n) is 5.28. The summed E-state index contributed by atoms with van der Waals surface area (Å²) >= 11 is 5.97. The van der Waals surface area contributed by atoms with Crippen LogP contribution in [0, 0.1) is 17.6 Å². The van der Waals surface area contributed by atoms with Crippen LogP contribution in [0.25, 0.3) is 0 Å². The maximum atomic E-state index is 14.6. The van der Waals surface area contributed by atoms with Crippen LogP contribution >= 0.6 is 11.6 Å². The monoisotopic (exact) mass is 501 g/mol. The standard InChI is InChI=1S/C22H26ClF2N3O4S/c1-13(2)27-22(29)28-33(30,31)21-10-18(24)20(9-19(21)25)32-12-15-11-26-8-7-17(15)14-3-5-16(23)6-4-14/h3-6,9-10,13,15,17,26H,7-8,11-12H2,1-2H3,(H2,27,28,29). The third kappa shape index (κ3) is 6.55. The predicted octanol–water partition coefficient (Wildman–Crippen LogP) is 3.79. The van der Waals surface area contributed by atoms with Crippen LogP contribution < -0.4 is 20.1 Å². The van der Waals surface area contributed by atoms with E-state index in [1.54, 1.807) is 30.7 Å². The lowest BCUT2D eigenvalue weighted by Crippen LogP contribution is -2.42. The third-order valence-corrected chi connectivity index (χ3v) is 6.88. The Morgan fingerprint density at radius 3 is 2.58 bits per heavy atom. The van der Waals surface area contributed by atoms with Gasteiger partial charge in [-0.25, -0.2) is 26.7 Å². The van der Waals surface area contributed by atoms with Gasteiger partial charge in [0.2, 0.25) is 0 Å². The molecule has 0 bridgehead atoms. The van der Waals surface area contributed by atoms with Gasteiger partial charge in [0.1, 0.15) is 10.7 Å². The minimum absolute atomic E-state index is 0.0211. The number of benzene rings is 2. The highest BCUT2D eigenvalue weighted by molar-refractivity contribution is 7.90. The molecular weight excluding hydrogens is 476 g/mol. The highest BCUT2D eigenvalue weighted by Crippen LogP contribution is 2.32. The lowest BCUT2D eigenvalue weighted by Gasteiger charge is -2.32. The van der Waals surface area contributed by atoms with Gasteiger partial charge in [0.15, 0.2) is 11.6 Å². The molecule has 0 saturated carbocycles. The zero-order valence-corrected chi connectivity index (χ0v) is 19.8. The molecule has 33 heavy (non-hydrogen) atoms. The van der Waals surface area contributed by atoms with E-state index in [1.807, 2.05) is 12.1 Å². The minimum Gasteiger partial charge on any atom is -0.490 e. The molecule has 1 heterocycles. The van der Waals surface area contributed by atoms with Crippen molar-refractivity contribution in [2.24, 2.45) is 5.92 Å². The summed E-state index contributed by atoms with van der Waals surface area (Å²) in [6.45, 7) is 4.78. The van der Waals surface area contributed by atoms with Crippen molar-refractivity contribution in [2.45, 2.75) is 37.1 Å². The normalized spacial score (nSPS) is 18.7. The Labute approximate surface area is 196 Å². The summed E-state index contributed by atoms with van der Waals surface area (Å²) in [5.74, 6) is -2.56. The second kappa shape index (κ2) is 10.7. The number of hydrogen-bond donors (Lipinski definition) is 3. The molecular formula is C22H26ClF2N3O4S. The van der Waals surface area contributed by atoms with E-state index in [9.17, 15) is 22.0 Å². The molecule has 2 atom stereocenters. The average Bonchev–Trinajstić information content (AvgIpc) is 2.73. The van der Waals surface area contributed by atoms with Gasteiger partial charge in [-0.1, -0.05) is 23.7 Å². The SMILES string of the molecule is CC(C)NC(=O)NS(=O)(=O)c1cc(F)c(OCC2CNCCC2c2ccc(Cl)cc2)cc1F. The van der Waals surface area contributed by atoms with E-state index in [1.165, 1.54) is 0 Å². The van der Waals surface area contributed by atoms with Crippen LogP contribution in [-0.2, 0) is 10.0 Å². The van der Waals surface area contributed by atoms with Crippen molar-refractivity contribution in [1.82, 2.24) is 15.4 Å². The molecule has 1 aliphatic rings. The lowest BCUT2D eigenvalue weighted by molar-refractivity contribution is 0.190. The molecule has 0 radical (unpaired) electrons. The Morgan fingerprint density at radius 2 is 1.91 bits per heavy atom. The summed E-state index contributed by atoms with van der Waals surface area (Å²) in [6, 6.07) is 7.29. The maximum absolute atomic E-state index is 14.6. The molecule has 1 fully saturated rings. The predicted molar refractivity (Wildman–Crippen MR) is 121 cm³/mol. The molecule has 3 N–H and O–H groups in total. The first-order chi connectivity index (χ1) is 15.6. The van der Waals surface area contributed by atoms with E-state index < -0.39 is 38.3 Å². The maximum Gasteiger partial charge on any atom is 0.328 e. The number of sulfonamides is 1. The zero-order valence-electron chi connectivity index (χ0n) is 18.2. The van der Waals surface area contributed by atoms with Gasteiger partial charge in [-0.05, 0) is 50.4 Å². The summed E-state index contributed by atoms with van der Waals surface area (Å²) in [4.78, 5) is 10.7. The van der Waals surface area contributed by atoms with Crippen molar-refractivity contribution < 1.29 is 26.7 Å². The van der Waals surface area contributed by atoms with Crippen LogP contribution in [-0.4, -0.2) is 40.2 Å². The van der Waals surface area contributed by atoms with Gasteiger partial charge in [0, 0.05) is 35.7 Å². The molecule has 0 aromatic heterocycles. The van der Waals surface area contributed by atoms with Gasteiger partial charge >= 0.3 is 6.03 Å². The molecule has 11 heteroatoms. The molecule has 7 nitrogen and oxygen atoms in total. The van der Waals surface area contributed by atoms with Gasteiger partial charge in [-0.3, -0.25) is 0 Å². The van der Waals surface area contributed by atoms with Gasteiger partial charge in [0.05, 0.1) is 6.61 Å². The van der Waals surface area contributed by atoms with E-state index in [-0.39, 0.29) is 24.5 Å². The molecule has 2 aromatic carbocycles. The van der Waals surface area contributed by atoms with Crippen LogP contribution in [0.2, 0.25) is 5.02 Å². The summed E-state index contributed by atoms with van der Waals surface area (Å²) in [5, 5.41) is 6.21. The molecule has 180 valence electrons. The highest BCUT2D eigenvalue weighted by Gasteiger charge is 2.29. The van der Waals surface area contributed by atoms with Gasteiger partial charge in [-0.2, -0.15) is 0 Å². The first-order valence-corrected chi connectivity index (χ1v) is 12.3. The van der Waals surface area contributed by atoms with Crippen molar-refractivity contribution in [2.75, 3.05) is 19.7 Å². The number of rotatable bonds is 7. The van der Waals surface area contributed by atoms with Gasteiger partial charge < -0.3 is 15.4 Å². The number of nitrogens with one attached hydrogen (secondary N) is 3. The molecule has 2 unspecified atom stereocenters. The number of ether oxygens (including phenoxy) is 1. The van der Waals surface area contributed by atoms with Crippen LogP contribution in [0.5, 0.6) is 5.75 Å². The Kier molecular flexibility index (Phi) is 8.14. The fourth-order valence-corrected chi connectivity index (χ4v) is 4.85. The van der Waals surface area contributed by atoms with Crippen LogP contribution in [0.3, 0.4) is 0 Å². The summed E-state index contributed by atoms with van der Waals surface area (Å²) in [5.41, 5.74) is 1.08. The summed E-state index contributed by atoms with van der Waals surface area (Å²) in [6.07, 6.45) is 0.841. The van der Waals surface area contributed by atoms with Crippen molar-refractivity contribution >= 4 is 27.7 Å². The summed E-state index contributed by atoms with van der Waals surface area (Å²) in [7, 11) is -4.61. The molecule has 2 amide bonds. The highest BCUT2D eigenvalue weighted by atomic mass is 35.5. The molecule has 1 aliphatic heterocycles.